The van der Waals surface area contributed by atoms with Gasteiger partial charge in [-0.2, -0.15) is 0 Å². The summed E-state index contributed by atoms with van der Waals surface area (Å²) in [7, 11) is 0. The zero-order chi connectivity index (χ0) is 23.5. The largest absolute Gasteiger partial charge is 0.461 e. The molecule has 8 nitrogen and oxygen atoms in total. The third-order valence-corrected chi connectivity index (χ3v) is 6.94. The van der Waals surface area contributed by atoms with Crippen LogP contribution < -0.4 is 15.1 Å². The highest BCUT2D eigenvalue weighted by atomic mass is 32.1. The summed E-state index contributed by atoms with van der Waals surface area (Å²) in [4.78, 5) is 46.4. The van der Waals surface area contributed by atoms with Gasteiger partial charge in [-0.25, -0.2) is 9.78 Å². The number of thiazole rings is 1. The van der Waals surface area contributed by atoms with E-state index in [2.05, 4.69) is 15.2 Å². The van der Waals surface area contributed by atoms with E-state index in [1.807, 2.05) is 38.1 Å². The quantitative estimate of drug-likeness (QED) is 0.618. The summed E-state index contributed by atoms with van der Waals surface area (Å²) in [6.07, 6.45) is 2.57. The van der Waals surface area contributed by atoms with Gasteiger partial charge in [-0.05, 0) is 49.9 Å². The third kappa shape index (κ3) is 5.35. The van der Waals surface area contributed by atoms with Crippen LogP contribution in [0.5, 0.6) is 0 Å². The molecule has 1 atom stereocenters. The molecule has 33 heavy (non-hydrogen) atoms. The van der Waals surface area contributed by atoms with Crippen molar-refractivity contribution in [3.63, 3.8) is 0 Å². The second-order valence-electron chi connectivity index (χ2n) is 9.03. The average Bonchev–Trinajstić information content (AvgIpc) is 3.52. The number of aromatic nitrogens is 1. The summed E-state index contributed by atoms with van der Waals surface area (Å²) in [5, 5.41) is 3.12. The van der Waals surface area contributed by atoms with Gasteiger partial charge in [0.15, 0.2) is 5.13 Å². The first-order chi connectivity index (χ1) is 15.8. The van der Waals surface area contributed by atoms with Gasteiger partial charge in [-0.15, -0.1) is 0 Å². The lowest BCUT2D eigenvalue weighted by atomic mass is 10.1. The van der Waals surface area contributed by atoms with Crippen LogP contribution in [0.1, 0.15) is 48.5 Å². The number of nitrogens with zero attached hydrogens (tertiary/aromatic N) is 3. The Kier molecular flexibility index (Phi) is 6.97. The fourth-order valence-electron chi connectivity index (χ4n) is 4.11. The summed E-state index contributed by atoms with van der Waals surface area (Å²) in [5.74, 6) is -1.01. The number of hydrogen-bond acceptors (Lipinski definition) is 7. The van der Waals surface area contributed by atoms with E-state index >= 15 is 0 Å². The van der Waals surface area contributed by atoms with E-state index in [0.717, 1.165) is 30.1 Å². The maximum atomic E-state index is 12.8. The Labute approximate surface area is 197 Å². The number of carbonyl (C=O) groups excluding carboxylic acids is 3. The number of esters is 1. The van der Waals surface area contributed by atoms with E-state index in [1.165, 1.54) is 18.5 Å². The summed E-state index contributed by atoms with van der Waals surface area (Å²) in [6, 6.07) is 7.98. The Balaban J connectivity index is 1.36. The Morgan fingerprint density at radius 3 is 2.52 bits per heavy atom. The molecule has 1 N–H and O–H groups in total. The average molecular weight is 471 g/mol. The van der Waals surface area contributed by atoms with Crippen LogP contribution >= 0.6 is 11.3 Å². The van der Waals surface area contributed by atoms with Crippen molar-refractivity contribution in [3.8, 4) is 0 Å². The topological polar surface area (TPSA) is 91.8 Å². The van der Waals surface area contributed by atoms with Crippen LogP contribution in [0.25, 0.3) is 0 Å². The van der Waals surface area contributed by atoms with Crippen molar-refractivity contribution in [2.75, 3.05) is 41.4 Å². The number of ether oxygens (including phenoxy) is 1. The smallest absolute Gasteiger partial charge is 0.350 e. The molecule has 0 spiro atoms. The highest BCUT2D eigenvalue weighted by Crippen LogP contribution is 2.30. The number of aryl methyl sites for hydroxylation is 1. The van der Waals surface area contributed by atoms with E-state index in [-0.39, 0.29) is 24.2 Å². The Morgan fingerprint density at radius 1 is 1.18 bits per heavy atom. The number of rotatable bonds is 7. The van der Waals surface area contributed by atoms with Crippen molar-refractivity contribution >= 4 is 45.6 Å². The number of amides is 2. The highest BCUT2D eigenvalue weighted by Gasteiger charge is 2.35. The lowest BCUT2D eigenvalue weighted by molar-refractivity contribution is -0.122. The number of carbonyl (C=O) groups is 3. The molecule has 2 aliphatic rings. The Hall–Kier alpha value is -2.94. The van der Waals surface area contributed by atoms with Crippen molar-refractivity contribution in [1.82, 2.24) is 4.98 Å². The maximum Gasteiger partial charge on any atom is 0.350 e. The zero-order valence-electron chi connectivity index (χ0n) is 19.3. The molecule has 1 aromatic heterocycles. The fraction of sp³-hybridized carbons (Fsp3) is 0.500. The van der Waals surface area contributed by atoms with Crippen LogP contribution in [-0.2, 0) is 14.3 Å². The number of hydrogen-bond donors (Lipinski definition) is 1. The molecule has 1 aromatic carbocycles. The molecule has 0 aliphatic carbocycles. The molecule has 0 bridgehead atoms. The lowest BCUT2D eigenvalue weighted by Gasteiger charge is -2.20. The monoisotopic (exact) mass is 470 g/mol. The Bertz CT molecular complexity index is 1030. The molecule has 0 saturated carbocycles. The molecular formula is C24H30N4O4S. The number of nitrogens with one attached hydrogen (secondary N) is 1. The molecule has 2 amide bonds. The van der Waals surface area contributed by atoms with Gasteiger partial charge in [0.2, 0.25) is 11.8 Å². The van der Waals surface area contributed by atoms with Crippen molar-refractivity contribution in [2.24, 2.45) is 11.8 Å². The molecule has 2 fully saturated rings. The summed E-state index contributed by atoms with van der Waals surface area (Å²) < 4.78 is 5.27. The van der Waals surface area contributed by atoms with Crippen LogP contribution in [0.3, 0.4) is 0 Å². The molecule has 176 valence electrons. The molecule has 2 aromatic rings. The van der Waals surface area contributed by atoms with Gasteiger partial charge in [0.25, 0.3) is 0 Å². The molecule has 4 rings (SSSR count). The van der Waals surface area contributed by atoms with Crippen LogP contribution in [0.15, 0.2) is 24.3 Å². The predicted molar refractivity (Wildman–Crippen MR) is 129 cm³/mol. The minimum absolute atomic E-state index is 0.0719. The van der Waals surface area contributed by atoms with E-state index in [1.54, 1.807) is 11.8 Å². The molecule has 0 radical (unpaired) electrons. The van der Waals surface area contributed by atoms with E-state index in [4.69, 9.17) is 4.74 Å². The van der Waals surface area contributed by atoms with Crippen LogP contribution in [0.2, 0.25) is 0 Å². The van der Waals surface area contributed by atoms with Crippen LogP contribution in [-0.4, -0.2) is 49.0 Å². The number of benzene rings is 1. The van der Waals surface area contributed by atoms with Gasteiger partial charge in [0.05, 0.1) is 18.2 Å². The second kappa shape index (κ2) is 9.91. The first kappa shape index (κ1) is 23.2. The minimum Gasteiger partial charge on any atom is -0.461 e. The van der Waals surface area contributed by atoms with Crippen LogP contribution in [0.4, 0.5) is 16.5 Å². The van der Waals surface area contributed by atoms with E-state index < -0.39 is 11.9 Å². The van der Waals surface area contributed by atoms with Crippen molar-refractivity contribution in [2.45, 2.75) is 40.0 Å². The first-order valence-electron chi connectivity index (χ1n) is 11.4. The van der Waals surface area contributed by atoms with Gasteiger partial charge in [0.1, 0.15) is 4.88 Å². The third-order valence-electron chi connectivity index (χ3n) is 5.89. The first-order valence-corrected chi connectivity index (χ1v) is 12.2. The SMILES string of the molecule is Cc1nc(NC(=O)C2CC(=O)N(c3ccc(N4CCCC4)cc3)C2)sc1C(=O)OCC(C)C. The molecule has 2 aliphatic heterocycles. The standard InChI is InChI=1S/C24H30N4O4S/c1-15(2)14-32-23(31)21-16(3)25-24(33-21)26-22(30)17-12-20(29)28(13-17)19-8-6-18(7-9-19)27-10-4-5-11-27/h6-9,15,17H,4-5,10-14H2,1-3H3,(H,25,26,30). The van der Waals surface area contributed by atoms with E-state index in [0.29, 0.717) is 28.9 Å². The van der Waals surface area contributed by atoms with Gasteiger partial charge < -0.3 is 19.9 Å². The van der Waals surface area contributed by atoms with Gasteiger partial charge >= 0.3 is 5.97 Å². The lowest BCUT2D eigenvalue weighted by Crippen LogP contribution is -2.28. The van der Waals surface area contributed by atoms with E-state index in [9.17, 15) is 14.4 Å². The van der Waals surface area contributed by atoms with Crippen molar-refractivity contribution in [3.05, 3.63) is 34.8 Å². The summed E-state index contributed by atoms with van der Waals surface area (Å²) in [6.45, 7) is 8.43. The van der Waals surface area contributed by atoms with Crippen LogP contribution in [0, 0.1) is 18.8 Å². The minimum atomic E-state index is -0.476. The molecular weight excluding hydrogens is 440 g/mol. The normalized spacial score (nSPS) is 18.3. The van der Waals surface area contributed by atoms with Gasteiger partial charge in [-0.1, -0.05) is 25.2 Å². The van der Waals surface area contributed by atoms with Gasteiger partial charge in [0, 0.05) is 37.4 Å². The van der Waals surface area contributed by atoms with Crippen molar-refractivity contribution in [1.29, 1.82) is 0 Å². The van der Waals surface area contributed by atoms with Gasteiger partial charge in [-0.3, -0.25) is 9.59 Å². The molecule has 3 heterocycles. The summed E-state index contributed by atoms with van der Waals surface area (Å²) in [5.41, 5.74) is 2.49. The fourth-order valence-corrected chi connectivity index (χ4v) is 4.97. The molecule has 9 heteroatoms. The number of anilines is 3. The molecule has 2 saturated heterocycles. The highest BCUT2D eigenvalue weighted by molar-refractivity contribution is 7.17. The Morgan fingerprint density at radius 2 is 1.85 bits per heavy atom. The maximum absolute atomic E-state index is 12.8. The predicted octanol–water partition coefficient (Wildman–Crippen LogP) is 3.86. The zero-order valence-corrected chi connectivity index (χ0v) is 20.1. The second-order valence-corrected chi connectivity index (χ2v) is 10.0. The molecule has 1 unspecified atom stereocenters. The van der Waals surface area contributed by atoms with Crippen molar-refractivity contribution < 1.29 is 19.1 Å². The summed E-state index contributed by atoms with van der Waals surface area (Å²) >= 11 is 1.10.